The number of amides is 1. The summed E-state index contributed by atoms with van der Waals surface area (Å²) in [7, 11) is 0. The van der Waals surface area contributed by atoms with Crippen molar-refractivity contribution < 1.29 is 9.18 Å². The second kappa shape index (κ2) is 6.79. The second-order valence-corrected chi connectivity index (χ2v) is 5.01. The predicted molar refractivity (Wildman–Crippen MR) is 82.4 cm³/mol. The van der Waals surface area contributed by atoms with Crippen LogP contribution in [-0.2, 0) is 4.79 Å². The molecule has 21 heavy (non-hydrogen) atoms. The number of carbonyl (C=O) groups is 1. The molecular weight excluding hydrogens is 267 g/mol. The van der Waals surface area contributed by atoms with Crippen LogP contribution in [0.15, 0.2) is 48.7 Å². The molecule has 2 aromatic rings. The lowest BCUT2D eigenvalue weighted by Crippen LogP contribution is -2.09. The van der Waals surface area contributed by atoms with E-state index in [0.29, 0.717) is 11.7 Å². The molecular formula is C17H17FN2O. The van der Waals surface area contributed by atoms with Crippen molar-refractivity contribution in [2.75, 3.05) is 5.32 Å². The van der Waals surface area contributed by atoms with E-state index in [1.54, 1.807) is 6.08 Å². The van der Waals surface area contributed by atoms with E-state index >= 15 is 0 Å². The molecule has 1 aromatic heterocycles. The first-order valence-corrected chi connectivity index (χ1v) is 6.75. The van der Waals surface area contributed by atoms with E-state index in [1.165, 1.54) is 23.8 Å². The smallest absolute Gasteiger partial charge is 0.249 e. The molecule has 0 aliphatic carbocycles. The van der Waals surface area contributed by atoms with Crippen molar-refractivity contribution in [3.8, 4) is 0 Å². The average molecular weight is 284 g/mol. The first-order valence-electron chi connectivity index (χ1n) is 6.75. The van der Waals surface area contributed by atoms with Gasteiger partial charge in [0.25, 0.3) is 0 Å². The molecule has 0 saturated carbocycles. The number of benzene rings is 1. The molecule has 0 radical (unpaired) electrons. The maximum absolute atomic E-state index is 12.7. The Bertz CT molecular complexity index is 631. The Morgan fingerprint density at radius 2 is 1.90 bits per heavy atom. The number of halogens is 1. The second-order valence-electron chi connectivity index (χ2n) is 5.01. The minimum atomic E-state index is -0.436. The number of anilines is 1. The molecule has 1 aromatic carbocycles. The Balaban J connectivity index is 1.96. The quantitative estimate of drug-likeness (QED) is 0.862. The van der Waals surface area contributed by atoms with Crippen LogP contribution in [0.1, 0.15) is 30.9 Å². The summed E-state index contributed by atoms with van der Waals surface area (Å²) in [5, 5.41) is 2.57. The summed E-state index contributed by atoms with van der Waals surface area (Å²) in [6, 6.07) is 10.7. The van der Waals surface area contributed by atoms with Gasteiger partial charge in [0.2, 0.25) is 5.91 Å². The molecule has 0 fully saturated rings. The topological polar surface area (TPSA) is 42.0 Å². The molecule has 0 spiro atoms. The molecule has 0 unspecified atom stereocenters. The monoisotopic (exact) mass is 284 g/mol. The molecule has 3 nitrogen and oxygen atoms in total. The average Bonchev–Trinajstić information content (AvgIpc) is 2.48. The SMILES string of the molecule is CC(C)c1ccc(/C=C/C(=O)Nc2ccc(F)cn2)cc1. The molecule has 0 bridgehead atoms. The molecule has 2 rings (SSSR count). The minimum absolute atomic E-state index is 0.304. The van der Waals surface area contributed by atoms with E-state index < -0.39 is 5.82 Å². The van der Waals surface area contributed by atoms with E-state index in [2.05, 4.69) is 24.1 Å². The lowest BCUT2D eigenvalue weighted by molar-refractivity contribution is -0.111. The molecule has 0 saturated heterocycles. The molecule has 4 heteroatoms. The van der Waals surface area contributed by atoms with Crippen LogP contribution in [0.25, 0.3) is 6.08 Å². The van der Waals surface area contributed by atoms with Gasteiger partial charge in [-0.1, -0.05) is 38.1 Å². The molecule has 1 amide bonds. The summed E-state index contributed by atoms with van der Waals surface area (Å²) in [5.41, 5.74) is 2.20. The van der Waals surface area contributed by atoms with Gasteiger partial charge < -0.3 is 5.32 Å². The van der Waals surface area contributed by atoms with E-state index in [0.717, 1.165) is 11.8 Å². The number of pyridine rings is 1. The summed E-state index contributed by atoms with van der Waals surface area (Å²) < 4.78 is 12.7. The van der Waals surface area contributed by atoms with Gasteiger partial charge in [-0.2, -0.15) is 0 Å². The number of hydrogen-bond acceptors (Lipinski definition) is 2. The van der Waals surface area contributed by atoms with Crippen LogP contribution in [0.3, 0.4) is 0 Å². The number of aromatic nitrogens is 1. The van der Waals surface area contributed by atoms with Crippen LogP contribution >= 0.6 is 0 Å². The van der Waals surface area contributed by atoms with Crippen molar-refractivity contribution in [2.45, 2.75) is 19.8 Å². The number of hydrogen-bond donors (Lipinski definition) is 1. The molecule has 0 aliphatic rings. The van der Waals surface area contributed by atoms with Gasteiger partial charge in [0, 0.05) is 6.08 Å². The van der Waals surface area contributed by atoms with Crippen LogP contribution in [0.4, 0.5) is 10.2 Å². The fraction of sp³-hybridized carbons (Fsp3) is 0.176. The first-order chi connectivity index (χ1) is 10.0. The van der Waals surface area contributed by atoms with Crippen molar-refractivity contribution in [1.29, 1.82) is 0 Å². The lowest BCUT2D eigenvalue weighted by Gasteiger charge is -2.04. The van der Waals surface area contributed by atoms with E-state index in [9.17, 15) is 9.18 Å². The Morgan fingerprint density at radius 1 is 1.19 bits per heavy atom. The van der Waals surface area contributed by atoms with Gasteiger partial charge in [0.15, 0.2) is 0 Å². The number of carbonyl (C=O) groups excluding carboxylic acids is 1. The highest BCUT2D eigenvalue weighted by Crippen LogP contribution is 2.15. The van der Waals surface area contributed by atoms with Crippen LogP contribution in [0, 0.1) is 5.82 Å². The van der Waals surface area contributed by atoms with Gasteiger partial charge in [-0.25, -0.2) is 9.37 Å². The molecule has 108 valence electrons. The third-order valence-corrected chi connectivity index (χ3v) is 3.01. The summed E-state index contributed by atoms with van der Waals surface area (Å²) in [6.07, 6.45) is 4.21. The molecule has 1 N–H and O–H groups in total. The van der Waals surface area contributed by atoms with Gasteiger partial charge in [0.1, 0.15) is 11.6 Å². The molecule has 1 heterocycles. The number of nitrogens with one attached hydrogen (secondary N) is 1. The summed E-state index contributed by atoms with van der Waals surface area (Å²) >= 11 is 0. The van der Waals surface area contributed by atoms with Gasteiger partial charge >= 0.3 is 0 Å². The maximum Gasteiger partial charge on any atom is 0.249 e. The zero-order valence-electron chi connectivity index (χ0n) is 12.0. The van der Waals surface area contributed by atoms with Crippen molar-refractivity contribution in [1.82, 2.24) is 4.98 Å². The maximum atomic E-state index is 12.7. The molecule has 0 aliphatic heterocycles. The summed E-state index contributed by atoms with van der Waals surface area (Å²) in [6.45, 7) is 4.27. The van der Waals surface area contributed by atoms with Crippen LogP contribution in [0.5, 0.6) is 0 Å². The Kier molecular flexibility index (Phi) is 4.82. The van der Waals surface area contributed by atoms with Crippen LogP contribution in [-0.4, -0.2) is 10.9 Å². The number of nitrogens with zero attached hydrogens (tertiary/aromatic N) is 1. The third kappa shape index (κ3) is 4.53. The standard InChI is InChI=1S/C17H17FN2O/c1-12(2)14-6-3-13(4-7-14)5-10-17(21)20-16-9-8-15(18)11-19-16/h3-12H,1-2H3,(H,19,20,21)/b10-5+. The first kappa shape index (κ1) is 14.9. The predicted octanol–water partition coefficient (Wildman–Crippen LogP) is 4.00. The van der Waals surface area contributed by atoms with Crippen LogP contribution in [0.2, 0.25) is 0 Å². The minimum Gasteiger partial charge on any atom is -0.307 e. The zero-order chi connectivity index (χ0) is 15.2. The van der Waals surface area contributed by atoms with Crippen molar-refractivity contribution >= 4 is 17.8 Å². The number of rotatable bonds is 4. The fourth-order valence-electron chi connectivity index (χ4n) is 1.78. The Hall–Kier alpha value is -2.49. The van der Waals surface area contributed by atoms with Crippen LogP contribution < -0.4 is 5.32 Å². The normalized spacial score (nSPS) is 11.0. The van der Waals surface area contributed by atoms with E-state index in [-0.39, 0.29) is 5.91 Å². The highest BCUT2D eigenvalue weighted by molar-refractivity contribution is 6.01. The zero-order valence-corrected chi connectivity index (χ0v) is 12.0. The van der Waals surface area contributed by atoms with E-state index in [1.807, 2.05) is 24.3 Å². The van der Waals surface area contributed by atoms with Gasteiger partial charge in [-0.3, -0.25) is 4.79 Å². The Morgan fingerprint density at radius 3 is 2.48 bits per heavy atom. The van der Waals surface area contributed by atoms with Crippen molar-refractivity contribution in [2.24, 2.45) is 0 Å². The lowest BCUT2D eigenvalue weighted by atomic mass is 10.0. The third-order valence-electron chi connectivity index (χ3n) is 3.01. The van der Waals surface area contributed by atoms with Crippen molar-refractivity contribution in [3.05, 3.63) is 65.6 Å². The fourth-order valence-corrected chi connectivity index (χ4v) is 1.78. The summed E-state index contributed by atoms with van der Waals surface area (Å²) in [5.74, 6) is 0.0629. The van der Waals surface area contributed by atoms with Crippen molar-refractivity contribution in [3.63, 3.8) is 0 Å². The highest BCUT2D eigenvalue weighted by atomic mass is 19.1. The molecule has 0 atom stereocenters. The highest BCUT2D eigenvalue weighted by Gasteiger charge is 2.00. The largest absolute Gasteiger partial charge is 0.307 e. The summed E-state index contributed by atoms with van der Waals surface area (Å²) in [4.78, 5) is 15.5. The van der Waals surface area contributed by atoms with Gasteiger partial charge in [-0.05, 0) is 35.3 Å². The van der Waals surface area contributed by atoms with Gasteiger partial charge in [0.05, 0.1) is 6.20 Å². The van der Waals surface area contributed by atoms with E-state index in [4.69, 9.17) is 0 Å². The Labute approximate surface area is 123 Å². The van der Waals surface area contributed by atoms with Gasteiger partial charge in [-0.15, -0.1) is 0 Å².